The van der Waals surface area contributed by atoms with E-state index in [2.05, 4.69) is 0 Å². The van der Waals surface area contributed by atoms with Gasteiger partial charge in [-0.25, -0.2) is 0 Å². The lowest BCUT2D eigenvalue weighted by Crippen LogP contribution is -3.12. The van der Waals surface area contributed by atoms with Crippen LogP contribution in [0.3, 0.4) is 0 Å². The summed E-state index contributed by atoms with van der Waals surface area (Å²) in [6.07, 6.45) is 1.48. The van der Waals surface area contributed by atoms with Gasteiger partial charge in [-0.15, -0.1) is 5.10 Å². The van der Waals surface area contributed by atoms with Gasteiger partial charge < -0.3 is 14.7 Å². The molecule has 0 atom stereocenters. The van der Waals surface area contributed by atoms with E-state index in [1.807, 2.05) is 70.8 Å². The number of rotatable bonds is 6. The van der Waals surface area contributed by atoms with Crippen LogP contribution in [0.2, 0.25) is 0 Å². The fourth-order valence-corrected chi connectivity index (χ4v) is 4.04. The lowest BCUT2D eigenvalue weighted by Gasteiger charge is -2.26. The molecular formula is C22H27N4O2S+. The fourth-order valence-electron chi connectivity index (χ4n) is 3.73. The number of hydrogen-bond acceptors (Lipinski definition) is 4. The molecule has 0 amide bonds. The number of aryl methyl sites for hydroxylation is 1. The first-order valence-corrected chi connectivity index (χ1v) is 10.5. The third-order valence-electron chi connectivity index (χ3n) is 5.41. The molecule has 1 fully saturated rings. The molecule has 2 heterocycles. The molecule has 6 nitrogen and oxygen atoms in total. The van der Waals surface area contributed by atoms with Gasteiger partial charge in [-0.2, -0.15) is 4.68 Å². The molecule has 4 rings (SSSR count). The van der Waals surface area contributed by atoms with Crippen LogP contribution in [0.25, 0.3) is 5.69 Å². The number of benzene rings is 2. The van der Waals surface area contributed by atoms with E-state index < -0.39 is 0 Å². The van der Waals surface area contributed by atoms with Crippen molar-refractivity contribution in [3.8, 4) is 11.4 Å². The zero-order chi connectivity index (χ0) is 20.2. The minimum atomic E-state index is -0.174. The van der Waals surface area contributed by atoms with E-state index in [0.29, 0.717) is 18.0 Å². The predicted molar refractivity (Wildman–Crippen MR) is 114 cm³/mol. The standard InChI is InChI=1S/C22H26N4O2S/c1-17-7-5-6-10-20(17)28-15-21-23-25(16-24-13-11-19(27)12-14-24)22(29)26(21)18-8-3-2-4-9-18/h2-10,19,27H,11-16H2,1H3/p+1. The molecule has 29 heavy (non-hydrogen) atoms. The van der Waals surface area contributed by atoms with Crippen molar-refractivity contribution >= 4 is 12.2 Å². The van der Waals surface area contributed by atoms with E-state index >= 15 is 0 Å². The highest BCUT2D eigenvalue weighted by atomic mass is 32.1. The Morgan fingerprint density at radius 1 is 1.10 bits per heavy atom. The molecule has 0 radical (unpaired) electrons. The molecule has 0 spiro atoms. The summed E-state index contributed by atoms with van der Waals surface area (Å²) in [5.74, 6) is 1.63. The number of quaternary nitrogens is 1. The maximum absolute atomic E-state index is 9.77. The Balaban J connectivity index is 1.62. The Bertz CT molecular complexity index is 1010. The highest BCUT2D eigenvalue weighted by molar-refractivity contribution is 7.71. The van der Waals surface area contributed by atoms with Crippen LogP contribution in [0.15, 0.2) is 54.6 Å². The first-order chi connectivity index (χ1) is 14.1. The van der Waals surface area contributed by atoms with Gasteiger partial charge in [0.05, 0.1) is 19.2 Å². The summed E-state index contributed by atoms with van der Waals surface area (Å²) >= 11 is 5.79. The van der Waals surface area contributed by atoms with Crippen LogP contribution in [0, 0.1) is 11.7 Å². The molecule has 1 aliphatic rings. The summed E-state index contributed by atoms with van der Waals surface area (Å²) < 4.78 is 10.6. The van der Waals surface area contributed by atoms with Gasteiger partial charge in [-0.05, 0) is 42.9 Å². The second-order valence-corrected chi connectivity index (χ2v) is 7.93. The van der Waals surface area contributed by atoms with Crippen LogP contribution < -0.4 is 9.64 Å². The second kappa shape index (κ2) is 8.90. The SMILES string of the molecule is Cc1ccccc1OCc1nn(C[NH+]2CCC(O)CC2)c(=S)n1-c1ccccc1. The number of nitrogens with one attached hydrogen (secondary N) is 1. The van der Waals surface area contributed by atoms with Gasteiger partial charge in [0, 0.05) is 18.5 Å². The van der Waals surface area contributed by atoms with Gasteiger partial charge in [0.25, 0.3) is 0 Å². The first kappa shape index (κ1) is 19.8. The van der Waals surface area contributed by atoms with E-state index in [9.17, 15) is 5.11 Å². The highest BCUT2D eigenvalue weighted by Crippen LogP contribution is 2.19. The van der Waals surface area contributed by atoms with Crippen molar-refractivity contribution in [2.75, 3.05) is 13.1 Å². The van der Waals surface area contributed by atoms with E-state index in [4.69, 9.17) is 22.1 Å². The Labute approximate surface area is 176 Å². The van der Waals surface area contributed by atoms with E-state index in [1.165, 1.54) is 4.90 Å². The lowest BCUT2D eigenvalue weighted by molar-refractivity contribution is -0.929. The number of ether oxygens (including phenoxy) is 1. The van der Waals surface area contributed by atoms with Crippen molar-refractivity contribution in [2.45, 2.75) is 39.1 Å². The Morgan fingerprint density at radius 2 is 1.79 bits per heavy atom. The summed E-state index contributed by atoms with van der Waals surface area (Å²) in [6.45, 7) is 4.92. The van der Waals surface area contributed by atoms with Crippen LogP contribution in [0.4, 0.5) is 0 Å². The van der Waals surface area contributed by atoms with Crippen molar-refractivity contribution < 1.29 is 14.7 Å². The summed E-state index contributed by atoms with van der Waals surface area (Å²) in [4.78, 5) is 1.38. The molecule has 0 unspecified atom stereocenters. The number of aromatic nitrogens is 3. The minimum Gasteiger partial charge on any atom is -0.485 e. The van der Waals surface area contributed by atoms with Gasteiger partial charge in [0.15, 0.2) is 12.5 Å². The van der Waals surface area contributed by atoms with Gasteiger partial charge in [0.2, 0.25) is 4.77 Å². The third-order valence-corrected chi connectivity index (χ3v) is 5.80. The zero-order valence-corrected chi connectivity index (χ0v) is 17.4. The summed E-state index contributed by atoms with van der Waals surface area (Å²) in [5, 5.41) is 14.6. The van der Waals surface area contributed by atoms with Crippen LogP contribution in [0.1, 0.15) is 24.2 Å². The number of piperidine rings is 1. The third kappa shape index (κ3) is 4.58. The number of aliphatic hydroxyl groups excluding tert-OH is 1. The van der Waals surface area contributed by atoms with Crippen molar-refractivity contribution in [3.05, 3.63) is 70.8 Å². The molecular weight excluding hydrogens is 384 g/mol. The molecule has 1 saturated heterocycles. The molecule has 2 N–H and O–H groups in total. The van der Waals surface area contributed by atoms with Crippen molar-refractivity contribution in [3.63, 3.8) is 0 Å². The Morgan fingerprint density at radius 3 is 2.52 bits per heavy atom. The second-order valence-electron chi connectivity index (χ2n) is 7.56. The molecule has 1 aliphatic heterocycles. The quantitative estimate of drug-likeness (QED) is 0.611. The largest absolute Gasteiger partial charge is 0.485 e. The topological polar surface area (TPSA) is 56.6 Å². The maximum atomic E-state index is 9.77. The monoisotopic (exact) mass is 411 g/mol. The number of nitrogens with zero attached hydrogens (tertiary/aromatic N) is 3. The predicted octanol–water partition coefficient (Wildman–Crippen LogP) is 2.29. The van der Waals surface area contributed by atoms with Gasteiger partial charge >= 0.3 is 0 Å². The molecule has 0 saturated carbocycles. The van der Waals surface area contributed by atoms with Gasteiger partial charge in [-0.3, -0.25) is 4.57 Å². The van der Waals surface area contributed by atoms with Crippen LogP contribution in [-0.2, 0) is 13.3 Å². The minimum absolute atomic E-state index is 0.174. The molecule has 2 aromatic carbocycles. The molecule has 0 aliphatic carbocycles. The average Bonchev–Trinajstić information content (AvgIpc) is 3.05. The Hall–Kier alpha value is -2.48. The maximum Gasteiger partial charge on any atom is 0.207 e. The van der Waals surface area contributed by atoms with Gasteiger partial charge in [-0.1, -0.05) is 36.4 Å². The van der Waals surface area contributed by atoms with Crippen LogP contribution in [0.5, 0.6) is 5.75 Å². The van der Waals surface area contributed by atoms with E-state index in [1.54, 1.807) is 0 Å². The molecule has 3 aromatic rings. The summed E-state index contributed by atoms with van der Waals surface area (Å²) in [7, 11) is 0. The van der Waals surface area contributed by atoms with Crippen molar-refractivity contribution in [1.82, 2.24) is 14.3 Å². The Kier molecular flexibility index (Phi) is 6.08. The van der Waals surface area contributed by atoms with Crippen LogP contribution in [-0.4, -0.2) is 38.6 Å². The fraction of sp³-hybridized carbons (Fsp3) is 0.364. The normalized spacial score (nSPS) is 19.2. The smallest absolute Gasteiger partial charge is 0.207 e. The van der Waals surface area contributed by atoms with Crippen molar-refractivity contribution in [2.24, 2.45) is 0 Å². The number of aliphatic hydroxyl groups is 1. The molecule has 7 heteroatoms. The van der Waals surface area contributed by atoms with E-state index in [0.717, 1.165) is 48.8 Å². The number of likely N-dealkylation sites (tertiary alicyclic amines) is 1. The summed E-state index contributed by atoms with van der Waals surface area (Å²) in [5.41, 5.74) is 2.07. The lowest BCUT2D eigenvalue weighted by atomic mass is 10.1. The zero-order valence-electron chi connectivity index (χ0n) is 16.6. The van der Waals surface area contributed by atoms with E-state index in [-0.39, 0.29) is 6.10 Å². The highest BCUT2D eigenvalue weighted by Gasteiger charge is 2.22. The summed E-state index contributed by atoms with van der Waals surface area (Å²) in [6, 6.07) is 18.0. The number of para-hydroxylation sites is 2. The first-order valence-electron chi connectivity index (χ1n) is 10.1. The molecule has 152 valence electrons. The van der Waals surface area contributed by atoms with Crippen molar-refractivity contribution in [1.29, 1.82) is 0 Å². The molecule has 0 bridgehead atoms. The van der Waals surface area contributed by atoms with Crippen LogP contribution >= 0.6 is 12.2 Å². The average molecular weight is 412 g/mol. The number of hydrogen-bond donors (Lipinski definition) is 2. The van der Waals surface area contributed by atoms with Gasteiger partial charge in [0.1, 0.15) is 12.4 Å². The molecule has 1 aromatic heterocycles.